The van der Waals surface area contributed by atoms with Gasteiger partial charge in [0.2, 0.25) is 5.96 Å². The summed E-state index contributed by atoms with van der Waals surface area (Å²) in [5.74, 6) is 1.41. The number of aliphatic imine (C=N–C) groups is 2. The highest BCUT2D eigenvalue weighted by molar-refractivity contribution is 6.09. The number of hydrogen-bond donors (Lipinski definition) is 2. The molecule has 1 aromatic heterocycles. The summed E-state index contributed by atoms with van der Waals surface area (Å²) in [4.78, 5) is 26.5. The van der Waals surface area contributed by atoms with Crippen LogP contribution in [-0.4, -0.2) is 61.0 Å². The van der Waals surface area contributed by atoms with Gasteiger partial charge in [0.05, 0.1) is 6.54 Å². The van der Waals surface area contributed by atoms with Crippen molar-refractivity contribution in [3.63, 3.8) is 0 Å². The normalized spacial score (nSPS) is 19.6. The van der Waals surface area contributed by atoms with Crippen molar-refractivity contribution < 1.29 is 0 Å². The Morgan fingerprint density at radius 3 is 2.52 bits per heavy atom. The number of benzene rings is 1. The van der Waals surface area contributed by atoms with Gasteiger partial charge >= 0.3 is 0 Å². The summed E-state index contributed by atoms with van der Waals surface area (Å²) in [6.07, 6.45) is 1.79. The molecule has 2 aromatic rings. The molecule has 0 aliphatic carbocycles. The third-order valence-electron chi connectivity index (χ3n) is 5.82. The zero-order valence-corrected chi connectivity index (χ0v) is 18.5. The van der Waals surface area contributed by atoms with Gasteiger partial charge in [-0.3, -0.25) is 9.79 Å². The first kappa shape index (κ1) is 21.1. The molecule has 0 amide bonds. The highest BCUT2D eigenvalue weighted by atomic mass is 16.1. The Balaban J connectivity index is 1.44. The number of piperazine rings is 1. The van der Waals surface area contributed by atoms with E-state index in [1.807, 2.05) is 13.0 Å². The number of likely N-dealkylation sites (N-methyl/N-ethyl adjacent to an activating group) is 1. The SMILES string of the molecule is CCn1cccc(NC2=NC(Nc3ccc(N4CCN(C)CC4)cc3)=NCC2C)c1=O. The molecule has 4 rings (SSSR count). The first-order valence-electron chi connectivity index (χ1n) is 10.9. The monoisotopic (exact) mass is 421 g/mol. The van der Waals surface area contributed by atoms with Crippen LogP contribution < -0.4 is 21.1 Å². The Kier molecular flexibility index (Phi) is 6.36. The zero-order valence-electron chi connectivity index (χ0n) is 18.5. The minimum Gasteiger partial charge on any atom is -0.369 e. The molecule has 0 saturated carbocycles. The molecule has 0 bridgehead atoms. The summed E-state index contributed by atoms with van der Waals surface area (Å²) < 4.78 is 1.67. The summed E-state index contributed by atoms with van der Waals surface area (Å²) in [5.41, 5.74) is 2.67. The van der Waals surface area contributed by atoms with Crippen LogP contribution in [0.2, 0.25) is 0 Å². The maximum atomic E-state index is 12.5. The fraction of sp³-hybridized carbons (Fsp3) is 0.435. The van der Waals surface area contributed by atoms with Crippen LogP contribution in [0.5, 0.6) is 0 Å². The summed E-state index contributed by atoms with van der Waals surface area (Å²) in [6, 6.07) is 12.1. The summed E-state index contributed by atoms with van der Waals surface area (Å²) >= 11 is 0. The molecular weight excluding hydrogens is 390 g/mol. The second-order valence-corrected chi connectivity index (χ2v) is 8.16. The molecule has 2 aliphatic rings. The molecule has 1 aromatic carbocycles. The average Bonchev–Trinajstić information content (AvgIpc) is 2.78. The van der Waals surface area contributed by atoms with E-state index in [-0.39, 0.29) is 11.5 Å². The van der Waals surface area contributed by atoms with Gasteiger partial charge in [0.25, 0.3) is 5.56 Å². The van der Waals surface area contributed by atoms with E-state index in [1.54, 1.807) is 16.8 Å². The molecule has 0 radical (unpaired) electrons. The molecule has 164 valence electrons. The van der Waals surface area contributed by atoms with Crippen LogP contribution in [0, 0.1) is 5.92 Å². The van der Waals surface area contributed by atoms with Crippen molar-refractivity contribution in [2.24, 2.45) is 15.9 Å². The standard InChI is InChI=1S/C23H31N7O/c1-4-29-11-5-6-20(22(29)31)26-21-17(2)16-24-23(27-21)25-18-7-9-19(10-8-18)30-14-12-28(3)13-15-30/h5-11,17H,4,12-16H2,1-3H3,(H2,24,25,26,27). The van der Waals surface area contributed by atoms with Gasteiger partial charge in [-0.05, 0) is 50.4 Å². The lowest BCUT2D eigenvalue weighted by atomic mass is 10.1. The van der Waals surface area contributed by atoms with E-state index in [0.717, 1.165) is 37.7 Å². The number of aryl methyl sites for hydroxylation is 1. The zero-order chi connectivity index (χ0) is 21.8. The quantitative estimate of drug-likeness (QED) is 0.793. The number of aromatic nitrogens is 1. The maximum absolute atomic E-state index is 12.5. The highest BCUT2D eigenvalue weighted by Gasteiger charge is 2.19. The van der Waals surface area contributed by atoms with Crippen molar-refractivity contribution >= 4 is 28.9 Å². The fourth-order valence-electron chi connectivity index (χ4n) is 3.76. The van der Waals surface area contributed by atoms with Gasteiger partial charge in [0.15, 0.2) is 0 Å². The van der Waals surface area contributed by atoms with Gasteiger partial charge < -0.3 is 25.0 Å². The number of nitrogens with one attached hydrogen (secondary N) is 2. The summed E-state index contributed by atoms with van der Waals surface area (Å²) in [5, 5.41) is 6.53. The summed E-state index contributed by atoms with van der Waals surface area (Å²) in [7, 11) is 2.16. The molecule has 3 heterocycles. The Morgan fingerprint density at radius 1 is 1.06 bits per heavy atom. The van der Waals surface area contributed by atoms with Gasteiger partial charge in [0, 0.05) is 56.2 Å². The highest BCUT2D eigenvalue weighted by Crippen LogP contribution is 2.20. The number of pyridine rings is 1. The predicted octanol–water partition coefficient (Wildman–Crippen LogP) is 2.55. The second-order valence-electron chi connectivity index (χ2n) is 8.16. The molecule has 8 nitrogen and oxygen atoms in total. The largest absolute Gasteiger partial charge is 0.369 e. The predicted molar refractivity (Wildman–Crippen MR) is 129 cm³/mol. The molecule has 0 spiro atoms. The van der Waals surface area contributed by atoms with E-state index in [1.165, 1.54) is 5.69 Å². The molecule has 1 fully saturated rings. The number of nitrogens with zero attached hydrogens (tertiary/aromatic N) is 5. The smallest absolute Gasteiger partial charge is 0.274 e. The number of anilines is 3. The van der Waals surface area contributed by atoms with Gasteiger partial charge in [-0.1, -0.05) is 6.92 Å². The number of amidine groups is 1. The molecule has 1 unspecified atom stereocenters. The van der Waals surface area contributed by atoms with Crippen molar-refractivity contribution in [2.45, 2.75) is 20.4 Å². The van der Waals surface area contributed by atoms with Crippen LogP contribution in [0.1, 0.15) is 13.8 Å². The van der Waals surface area contributed by atoms with Gasteiger partial charge in [-0.25, -0.2) is 0 Å². The lowest BCUT2D eigenvalue weighted by Gasteiger charge is -2.34. The van der Waals surface area contributed by atoms with Crippen molar-refractivity contribution in [3.05, 3.63) is 52.9 Å². The molecule has 31 heavy (non-hydrogen) atoms. The third-order valence-corrected chi connectivity index (χ3v) is 5.82. The van der Waals surface area contributed by atoms with E-state index in [0.29, 0.717) is 24.7 Å². The van der Waals surface area contributed by atoms with Gasteiger partial charge in [-0.15, -0.1) is 0 Å². The van der Waals surface area contributed by atoms with E-state index < -0.39 is 0 Å². The fourth-order valence-corrected chi connectivity index (χ4v) is 3.76. The van der Waals surface area contributed by atoms with E-state index in [9.17, 15) is 4.79 Å². The Bertz CT molecular complexity index is 1020. The van der Waals surface area contributed by atoms with Crippen LogP contribution in [0.4, 0.5) is 17.1 Å². The minimum atomic E-state index is -0.0450. The van der Waals surface area contributed by atoms with Crippen molar-refractivity contribution in [1.82, 2.24) is 9.47 Å². The van der Waals surface area contributed by atoms with Crippen molar-refractivity contribution in [3.8, 4) is 0 Å². The number of hydrogen-bond acceptors (Lipinski definition) is 7. The molecule has 1 saturated heterocycles. The molecule has 2 N–H and O–H groups in total. The van der Waals surface area contributed by atoms with Crippen molar-refractivity contribution in [2.75, 3.05) is 55.3 Å². The lowest BCUT2D eigenvalue weighted by Crippen LogP contribution is -2.44. The molecule has 2 aliphatic heterocycles. The maximum Gasteiger partial charge on any atom is 0.274 e. The lowest BCUT2D eigenvalue weighted by molar-refractivity contribution is 0.313. The second kappa shape index (κ2) is 9.34. The van der Waals surface area contributed by atoms with E-state index in [2.05, 4.69) is 68.7 Å². The Morgan fingerprint density at radius 2 is 1.81 bits per heavy atom. The van der Waals surface area contributed by atoms with E-state index >= 15 is 0 Å². The van der Waals surface area contributed by atoms with Crippen LogP contribution in [0.15, 0.2) is 57.4 Å². The first-order valence-corrected chi connectivity index (χ1v) is 10.9. The van der Waals surface area contributed by atoms with Crippen LogP contribution in [-0.2, 0) is 6.54 Å². The van der Waals surface area contributed by atoms with Crippen LogP contribution >= 0.6 is 0 Å². The Hall–Kier alpha value is -3.13. The minimum absolute atomic E-state index is 0.0450. The first-order chi connectivity index (χ1) is 15.0. The third kappa shape index (κ3) is 4.96. The summed E-state index contributed by atoms with van der Waals surface area (Å²) in [6.45, 7) is 9.53. The van der Waals surface area contributed by atoms with Crippen molar-refractivity contribution in [1.29, 1.82) is 0 Å². The average molecular weight is 422 g/mol. The van der Waals surface area contributed by atoms with E-state index in [4.69, 9.17) is 0 Å². The Labute approximate surface area is 183 Å². The molecule has 1 atom stereocenters. The molecular formula is C23H31N7O. The van der Waals surface area contributed by atoms with Gasteiger partial charge in [-0.2, -0.15) is 4.99 Å². The number of rotatable bonds is 4. The van der Waals surface area contributed by atoms with Crippen LogP contribution in [0.3, 0.4) is 0 Å². The van der Waals surface area contributed by atoms with Gasteiger partial charge in [0.1, 0.15) is 11.5 Å². The topological polar surface area (TPSA) is 77.3 Å². The molecule has 8 heteroatoms. The number of guanidine groups is 1. The van der Waals surface area contributed by atoms with Crippen LogP contribution in [0.25, 0.3) is 0 Å².